The number of hydrogen-bond donors (Lipinski definition) is 1. The van der Waals surface area contributed by atoms with E-state index in [1.165, 1.54) is 17.0 Å². The van der Waals surface area contributed by atoms with Crippen LogP contribution in [0.5, 0.6) is 0 Å². The molecule has 88 valence electrons. The Hall–Kier alpha value is -0.990. The van der Waals surface area contributed by atoms with E-state index in [1.807, 2.05) is 0 Å². The molecular formula is C8H10BrN3O4. The quantitative estimate of drug-likeness (QED) is 0.506. The highest BCUT2D eigenvalue weighted by Gasteiger charge is 2.37. The molecular weight excluding hydrogens is 282 g/mol. The molecule has 1 aliphatic heterocycles. The van der Waals surface area contributed by atoms with Gasteiger partial charge >= 0.3 is 5.95 Å². The third kappa shape index (κ3) is 1.95. The third-order valence-electron chi connectivity index (χ3n) is 2.46. The van der Waals surface area contributed by atoms with Gasteiger partial charge in [0.2, 0.25) is 0 Å². The fourth-order valence-corrected chi connectivity index (χ4v) is 2.31. The Morgan fingerprint density at radius 2 is 2.56 bits per heavy atom. The molecule has 7 nitrogen and oxygen atoms in total. The average molecular weight is 292 g/mol. The van der Waals surface area contributed by atoms with Crippen LogP contribution in [0, 0.1) is 10.1 Å². The Balaban J connectivity index is 2.20. The third-order valence-corrected chi connectivity index (χ3v) is 3.43. The number of rotatable bonds is 3. The van der Waals surface area contributed by atoms with Crippen LogP contribution in [0.1, 0.15) is 12.6 Å². The summed E-state index contributed by atoms with van der Waals surface area (Å²) in [7, 11) is 0. The summed E-state index contributed by atoms with van der Waals surface area (Å²) in [5.74, 6) is -0.247. The molecule has 8 heteroatoms. The van der Waals surface area contributed by atoms with E-state index in [1.54, 1.807) is 0 Å². The van der Waals surface area contributed by atoms with Gasteiger partial charge in [-0.3, -0.25) is 0 Å². The van der Waals surface area contributed by atoms with Gasteiger partial charge in [0.1, 0.15) is 12.4 Å². The topological polar surface area (TPSA) is 90.4 Å². The monoisotopic (exact) mass is 291 g/mol. The van der Waals surface area contributed by atoms with E-state index in [0.29, 0.717) is 6.42 Å². The highest BCUT2D eigenvalue weighted by molar-refractivity contribution is 9.09. The summed E-state index contributed by atoms with van der Waals surface area (Å²) >= 11 is 3.36. The Morgan fingerprint density at radius 1 is 1.81 bits per heavy atom. The van der Waals surface area contributed by atoms with Crippen LogP contribution in [0.3, 0.4) is 0 Å². The van der Waals surface area contributed by atoms with Crippen molar-refractivity contribution in [1.82, 2.24) is 9.55 Å². The molecule has 1 N–H and O–H groups in total. The Kier molecular flexibility index (Phi) is 3.22. The normalized spacial score (nSPS) is 29.5. The van der Waals surface area contributed by atoms with E-state index in [9.17, 15) is 10.1 Å². The van der Waals surface area contributed by atoms with E-state index in [-0.39, 0.29) is 23.5 Å². The van der Waals surface area contributed by atoms with E-state index in [0.717, 1.165) is 0 Å². The molecule has 0 spiro atoms. The van der Waals surface area contributed by atoms with Gasteiger partial charge in [-0.1, -0.05) is 20.9 Å². The van der Waals surface area contributed by atoms with Crippen LogP contribution in [0.15, 0.2) is 12.4 Å². The number of aromatic nitrogens is 2. The zero-order valence-electron chi connectivity index (χ0n) is 8.19. The number of imidazole rings is 1. The molecule has 0 saturated carbocycles. The van der Waals surface area contributed by atoms with Crippen LogP contribution in [-0.2, 0) is 4.74 Å². The molecule has 1 aromatic heterocycles. The first kappa shape index (κ1) is 11.5. The summed E-state index contributed by atoms with van der Waals surface area (Å²) in [6.45, 7) is -0.116. The number of nitrogens with zero attached hydrogens (tertiary/aromatic N) is 3. The second kappa shape index (κ2) is 4.48. The molecule has 16 heavy (non-hydrogen) atoms. The highest BCUT2D eigenvalue weighted by Crippen LogP contribution is 2.34. The zero-order chi connectivity index (χ0) is 11.7. The number of aliphatic hydroxyl groups excluding tert-OH is 1. The van der Waals surface area contributed by atoms with Crippen LogP contribution in [0.4, 0.5) is 5.95 Å². The number of ether oxygens (including phenoxy) is 1. The lowest BCUT2D eigenvalue weighted by Gasteiger charge is -2.11. The van der Waals surface area contributed by atoms with E-state index >= 15 is 0 Å². The molecule has 2 heterocycles. The molecule has 0 bridgehead atoms. The van der Waals surface area contributed by atoms with Gasteiger partial charge in [-0.05, 0) is 4.92 Å². The zero-order valence-corrected chi connectivity index (χ0v) is 9.78. The van der Waals surface area contributed by atoms with Crippen molar-refractivity contribution < 1.29 is 14.8 Å². The molecule has 3 atom stereocenters. The largest absolute Gasteiger partial charge is 0.436 e. The molecule has 1 saturated heterocycles. The fraction of sp³-hybridized carbons (Fsp3) is 0.625. The molecule has 0 amide bonds. The summed E-state index contributed by atoms with van der Waals surface area (Å²) in [6.07, 6.45) is 2.62. The van der Waals surface area contributed by atoms with Crippen molar-refractivity contribution in [3.05, 3.63) is 22.5 Å². The van der Waals surface area contributed by atoms with Crippen molar-refractivity contribution in [1.29, 1.82) is 0 Å². The van der Waals surface area contributed by atoms with Crippen molar-refractivity contribution >= 4 is 21.9 Å². The van der Waals surface area contributed by atoms with Crippen molar-refractivity contribution in [3.63, 3.8) is 0 Å². The van der Waals surface area contributed by atoms with Crippen LogP contribution >= 0.6 is 15.9 Å². The highest BCUT2D eigenvalue weighted by atomic mass is 79.9. The predicted octanol–water partition coefficient (Wildman–Crippen LogP) is 0.835. The number of aliphatic hydroxyl groups is 1. The lowest BCUT2D eigenvalue weighted by molar-refractivity contribution is -0.398. The SMILES string of the molecule is O=[N+]([O-])c1nccn1C1C[C@@H](Br)[C@@H](CO)O1. The van der Waals surface area contributed by atoms with E-state index in [4.69, 9.17) is 9.84 Å². The van der Waals surface area contributed by atoms with E-state index in [2.05, 4.69) is 20.9 Å². The van der Waals surface area contributed by atoms with Gasteiger partial charge in [-0.25, -0.2) is 4.57 Å². The summed E-state index contributed by atoms with van der Waals surface area (Å²) in [4.78, 5) is 13.8. The van der Waals surface area contributed by atoms with Crippen molar-refractivity contribution in [2.75, 3.05) is 6.61 Å². The van der Waals surface area contributed by atoms with Crippen LogP contribution in [-0.4, -0.2) is 37.1 Å². The summed E-state index contributed by atoms with van der Waals surface area (Å²) in [5, 5.41) is 19.7. The molecule has 0 radical (unpaired) electrons. The summed E-state index contributed by atoms with van der Waals surface area (Å²) < 4.78 is 6.84. The van der Waals surface area contributed by atoms with Gasteiger partial charge in [0.05, 0.1) is 12.7 Å². The maximum Gasteiger partial charge on any atom is 0.436 e. The standard InChI is InChI=1S/C8H10BrN3O4/c9-5-3-7(16-6(5)4-13)11-2-1-10-8(11)12(14)15/h1-2,5-7,13H,3-4H2/t5-,6-,7?/m1/s1. The van der Waals surface area contributed by atoms with E-state index < -0.39 is 11.2 Å². The van der Waals surface area contributed by atoms with Gasteiger partial charge in [0, 0.05) is 11.2 Å². The fourth-order valence-electron chi connectivity index (χ4n) is 1.69. The number of halogens is 1. The number of hydrogen-bond acceptors (Lipinski definition) is 5. The molecule has 0 aromatic carbocycles. The number of nitro groups is 1. The van der Waals surface area contributed by atoms with Crippen LogP contribution in [0.25, 0.3) is 0 Å². The second-order valence-electron chi connectivity index (χ2n) is 3.46. The van der Waals surface area contributed by atoms with Gasteiger partial charge < -0.3 is 20.0 Å². The second-order valence-corrected chi connectivity index (χ2v) is 4.63. The Morgan fingerprint density at radius 3 is 3.12 bits per heavy atom. The molecule has 2 rings (SSSR count). The summed E-state index contributed by atoms with van der Waals surface area (Å²) in [5.41, 5.74) is 0. The first-order valence-electron chi connectivity index (χ1n) is 4.71. The summed E-state index contributed by atoms with van der Waals surface area (Å²) in [6, 6.07) is 0. The maximum absolute atomic E-state index is 10.7. The molecule has 1 aliphatic rings. The van der Waals surface area contributed by atoms with Gasteiger partial charge in [0.25, 0.3) is 0 Å². The van der Waals surface area contributed by atoms with Gasteiger partial charge in [-0.2, -0.15) is 0 Å². The molecule has 1 unspecified atom stereocenters. The minimum Gasteiger partial charge on any atom is -0.394 e. The van der Waals surface area contributed by atoms with Gasteiger partial charge in [-0.15, -0.1) is 0 Å². The van der Waals surface area contributed by atoms with Crippen molar-refractivity contribution in [3.8, 4) is 0 Å². The minimum absolute atomic E-state index is 0.00972. The first-order chi connectivity index (χ1) is 7.63. The first-order valence-corrected chi connectivity index (χ1v) is 5.62. The lowest BCUT2D eigenvalue weighted by Crippen LogP contribution is -2.20. The Labute approximate surface area is 99.3 Å². The smallest absolute Gasteiger partial charge is 0.394 e. The van der Waals surface area contributed by atoms with Crippen molar-refractivity contribution in [2.24, 2.45) is 0 Å². The van der Waals surface area contributed by atoms with Crippen molar-refractivity contribution in [2.45, 2.75) is 23.6 Å². The Bertz CT molecular complexity index is 396. The minimum atomic E-state index is -0.557. The molecule has 1 aromatic rings. The van der Waals surface area contributed by atoms with Crippen LogP contribution < -0.4 is 0 Å². The van der Waals surface area contributed by atoms with Gasteiger partial charge in [0.15, 0.2) is 6.23 Å². The molecule has 1 fully saturated rings. The number of alkyl halides is 1. The molecule has 0 aliphatic carbocycles. The lowest BCUT2D eigenvalue weighted by atomic mass is 10.2. The maximum atomic E-state index is 10.7. The average Bonchev–Trinajstić information content (AvgIpc) is 2.82. The van der Waals surface area contributed by atoms with Crippen LogP contribution in [0.2, 0.25) is 0 Å². The predicted molar refractivity (Wildman–Crippen MR) is 57.2 cm³/mol.